The summed E-state index contributed by atoms with van der Waals surface area (Å²) in [5.74, 6) is 0.241. The van der Waals surface area contributed by atoms with Crippen LogP contribution in [0.4, 0.5) is 4.39 Å². The monoisotopic (exact) mass is 516 g/mol. The number of carbonyl (C=O) groups is 1. The number of carboxylic acid groups (broad SMARTS) is 1. The van der Waals surface area contributed by atoms with Gasteiger partial charge in [0.25, 0.3) is 0 Å². The Morgan fingerprint density at radius 1 is 0.974 bits per heavy atom. The summed E-state index contributed by atoms with van der Waals surface area (Å²) in [4.78, 5) is 11.4. The molecule has 38 heavy (non-hydrogen) atoms. The smallest absolute Gasteiger partial charge is 0.303 e. The Hall–Kier alpha value is -3.60. The number of aliphatic carboxylic acids is 1. The number of methoxy groups -OCH3 is 1. The van der Waals surface area contributed by atoms with Gasteiger partial charge in [0, 0.05) is 5.56 Å². The highest BCUT2D eigenvalue weighted by atomic mass is 19.1. The molecule has 3 aromatic carbocycles. The zero-order chi connectivity index (χ0) is 26.9. The summed E-state index contributed by atoms with van der Waals surface area (Å²) in [6.07, 6.45) is 9.63. The number of rotatable bonds is 11. The van der Waals surface area contributed by atoms with Crippen LogP contribution in [-0.2, 0) is 11.4 Å². The topological polar surface area (TPSA) is 55.8 Å². The third-order valence-corrected chi connectivity index (χ3v) is 7.23. The molecule has 4 nitrogen and oxygen atoms in total. The van der Waals surface area contributed by atoms with E-state index in [1.54, 1.807) is 19.2 Å². The van der Waals surface area contributed by atoms with Gasteiger partial charge in [-0.05, 0) is 102 Å². The van der Waals surface area contributed by atoms with E-state index in [9.17, 15) is 14.3 Å². The molecular formula is C33H37FO4. The van der Waals surface area contributed by atoms with E-state index < -0.39 is 5.97 Å². The molecule has 1 N–H and O–H groups in total. The number of hydrogen-bond acceptors (Lipinski definition) is 3. The molecule has 0 spiro atoms. The first-order valence-corrected chi connectivity index (χ1v) is 13.6. The molecule has 0 radical (unpaired) electrons. The van der Waals surface area contributed by atoms with Crippen molar-refractivity contribution in [2.75, 3.05) is 7.11 Å². The molecule has 5 heteroatoms. The van der Waals surface area contributed by atoms with Crippen molar-refractivity contribution in [3.63, 3.8) is 0 Å². The fourth-order valence-electron chi connectivity index (χ4n) is 5.25. The van der Waals surface area contributed by atoms with Crippen LogP contribution in [0.1, 0.15) is 80.9 Å². The van der Waals surface area contributed by atoms with Crippen LogP contribution in [0.25, 0.3) is 16.7 Å². The van der Waals surface area contributed by atoms with E-state index in [1.807, 2.05) is 36.4 Å². The quantitative estimate of drug-likeness (QED) is 0.277. The molecule has 1 aliphatic rings. The molecule has 0 heterocycles. The molecule has 4 rings (SSSR count). The van der Waals surface area contributed by atoms with Crippen molar-refractivity contribution in [2.45, 2.75) is 70.8 Å². The van der Waals surface area contributed by atoms with Gasteiger partial charge in [0.15, 0.2) is 0 Å². The van der Waals surface area contributed by atoms with Crippen LogP contribution in [0.15, 0.2) is 66.7 Å². The molecule has 0 saturated carbocycles. The van der Waals surface area contributed by atoms with E-state index in [-0.39, 0.29) is 18.2 Å². The lowest BCUT2D eigenvalue weighted by molar-refractivity contribution is -0.137. The van der Waals surface area contributed by atoms with Crippen LogP contribution in [0.3, 0.4) is 0 Å². The van der Waals surface area contributed by atoms with Crippen molar-refractivity contribution >= 4 is 11.5 Å². The predicted molar refractivity (Wildman–Crippen MR) is 150 cm³/mol. The SMILES string of the molecule is CCC[C@@H](CC(=O)O)c1cccc(OCc2ccc(-c3cc(OC)ccc3F)c(C3=CCCCCC3)c2)c1. The van der Waals surface area contributed by atoms with E-state index in [2.05, 4.69) is 19.1 Å². The Balaban J connectivity index is 1.62. The first-order chi connectivity index (χ1) is 18.5. The first-order valence-electron chi connectivity index (χ1n) is 13.6. The van der Waals surface area contributed by atoms with Crippen molar-refractivity contribution in [2.24, 2.45) is 0 Å². The molecule has 1 aliphatic carbocycles. The number of benzene rings is 3. The van der Waals surface area contributed by atoms with Crippen LogP contribution in [-0.4, -0.2) is 18.2 Å². The zero-order valence-electron chi connectivity index (χ0n) is 22.3. The second-order valence-corrected chi connectivity index (χ2v) is 10.00. The third kappa shape index (κ3) is 7.03. The Morgan fingerprint density at radius 2 is 1.84 bits per heavy atom. The lowest BCUT2D eigenvalue weighted by Gasteiger charge is -2.17. The van der Waals surface area contributed by atoms with E-state index >= 15 is 0 Å². The van der Waals surface area contributed by atoms with Gasteiger partial charge in [0.2, 0.25) is 0 Å². The van der Waals surface area contributed by atoms with Gasteiger partial charge in [-0.15, -0.1) is 0 Å². The lowest BCUT2D eigenvalue weighted by Crippen LogP contribution is -2.06. The fourth-order valence-corrected chi connectivity index (χ4v) is 5.25. The fraction of sp³-hybridized carbons (Fsp3) is 0.364. The van der Waals surface area contributed by atoms with Gasteiger partial charge in [-0.3, -0.25) is 4.79 Å². The molecule has 200 valence electrons. The Kier molecular flexibility index (Phi) is 9.58. The Morgan fingerprint density at radius 3 is 2.63 bits per heavy atom. The van der Waals surface area contributed by atoms with Crippen molar-refractivity contribution in [1.29, 1.82) is 0 Å². The Labute approximate surface area is 225 Å². The van der Waals surface area contributed by atoms with Crippen molar-refractivity contribution < 1.29 is 23.8 Å². The van der Waals surface area contributed by atoms with Gasteiger partial charge in [0.05, 0.1) is 13.5 Å². The van der Waals surface area contributed by atoms with E-state index in [0.29, 0.717) is 23.7 Å². The summed E-state index contributed by atoms with van der Waals surface area (Å²) < 4.78 is 26.5. The van der Waals surface area contributed by atoms with Gasteiger partial charge in [-0.1, -0.05) is 50.1 Å². The van der Waals surface area contributed by atoms with Gasteiger partial charge in [-0.25, -0.2) is 4.39 Å². The molecule has 3 aromatic rings. The third-order valence-electron chi connectivity index (χ3n) is 7.23. The van der Waals surface area contributed by atoms with E-state index in [0.717, 1.165) is 54.4 Å². The van der Waals surface area contributed by atoms with Crippen LogP contribution >= 0.6 is 0 Å². The summed E-state index contributed by atoms with van der Waals surface area (Å²) in [5, 5.41) is 9.33. The van der Waals surface area contributed by atoms with E-state index in [1.165, 1.54) is 24.5 Å². The normalized spacial score (nSPS) is 14.3. The van der Waals surface area contributed by atoms with Crippen LogP contribution in [0.5, 0.6) is 11.5 Å². The summed E-state index contributed by atoms with van der Waals surface area (Å²) in [7, 11) is 1.59. The second-order valence-electron chi connectivity index (χ2n) is 10.00. The standard InChI is InChI=1S/C33H37FO4/c1-3-9-25(20-33(35)36)26-12-8-13-28(19-26)38-22-23-14-16-29(31-21-27(37-2)15-17-32(31)34)30(18-23)24-10-6-4-5-7-11-24/h8,10,12-19,21,25H,3-7,9,11,20,22H2,1-2H3,(H,35,36)/t25-/m0/s1. The van der Waals surface area contributed by atoms with Crippen LogP contribution < -0.4 is 9.47 Å². The van der Waals surface area contributed by atoms with Crippen molar-refractivity contribution in [3.05, 3.63) is 89.2 Å². The number of halogens is 1. The number of carboxylic acids is 1. The van der Waals surface area contributed by atoms with Crippen LogP contribution in [0, 0.1) is 5.82 Å². The predicted octanol–water partition coefficient (Wildman–Crippen LogP) is 8.79. The largest absolute Gasteiger partial charge is 0.497 e. The van der Waals surface area contributed by atoms with Gasteiger partial charge < -0.3 is 14.6 Å². The number of ether oxygens (including phenoxy) is 2. The van der Waals surface area contributed by atoms with Crippen LogP contribution in [0.2, 0.25) is 0 Å². The highest BCUT2D eigenvalue weighted by Crippen LogP contribution is 2.37. The molecule has 0 bridgehead atoms. The highest BCUT2D eigenvalue weighted by Gasteiger charge is 2.18. The maximum Gasteiger partial charge on any atom is 0.303 e. The van der Waals surface area contributed by atoms with Gasteiger partial charge in [0.1, 0.15) is 23.9 Å². The van der Waals surface area contributed by atoms with Gasteiger partial charge >= 0.3 is 5.97 Å². The summed E-state index contributed by atoms with van der Waals surface area (Å²) >= 11 is 0. The molecule has 0 aliphatic heterocycles. The molecule has 0 fully saturated rings. The minimum absolute atomic E-state index is 0.0353. The molecular weight excluding hydrogens is 479 g/mol. The summed E-state index contributed by atoms with van der Waals surface area (Å²) in [6, 6.07) is 18.7. The minimum Gasteiger partial charge on any atom is -0.497 e. The van der Waals surface area contributed by atoms with Crippen molar-refractivity contribution in [1.82, 2.24) is 0 Å². The second kappa shape index (κ2) is 13.3. The Bertz CT molecular complexity index is 1280. The molecule has 1 atom stereocenters. The zero-order valence-corrected chi connectivity index (χ0v) is 22.3. The molecule has 0 unspecified atom stereocenters. The number of hydrogen-bond donors (Lipinski definition) is 1. The lowest BCUT2D eigenvalue weighted by atomic mass is 9.90. The maximum atomic E-state index is 15.0. The molecule has 0 amide bonds. The van der Waals surface area contributed by atoms with E-state index in [4.69, 9.17) is 9.47 Å². The first kappa shape index (κ1) is 27.4. The average molecular weight is 517 g/mol. The molecule has 0 aromatic heterocycles. The summed E-state index contributed by atoms with van der Waals surface area (Å²) in [5.41, 5.74) is 5.66. The number of allylic oxidation sites excluding steroid dienone is 2. The molecule has 0 saturated heterocycles. The van der Waals surface area contributed by atoms with Gasteiger partial charge in [-0.2, -0.15) is 0 Å². The average Bonchev–Trinajstić information content (AvgIpc) is 3.22. The maximum absolute atomic E-state index is 15.0. The van der Waals surface area contributed by atoms with Crippen molar-refractivity contribution in [3.8, 4) is 22.6 Å². The minimum atomic E-state index is -0.789. The highest BCUT2D eigenvalue weighted by molar-refractivity contribution is 5.82. The summed E-state index contributed by atoms with van der Waals surface area (Å²) in [6.45, 7) is 2.43.